The molecule has 0 amide bonds. The van der Waals surface area contributed by atoms with Crippen molar-refractivity contribution in [2.45, 2.75) is 36.8 Å². The summed E-state index contributed by atoms with van der Waals surface area (Å²) in [6.45, 7) is 5.77. The molecule has 2 rings (SSSR count). The summed E-state index contributed by atoms with van der Waals surface area (Å²) in [6.07, 6.45) is 3.06. The van der Waals surface area contributed by atoms with Crippen LogP contribution >= 0.6 is 11.3 Å². The number of carbonyl (C=O) groups is 1. The second kappa shape index (κ2) is 8.23. The average molecular weight is 361 g/mol. The van der Waals surface area contributed by atoms with Gasteiger partial charge in [0.05, 0.1) is 6.42 Å². The highest BCUT2D eigenvalue weighted by Crippen LogP contribution is 2.22. The molecule has 0 bridgehead atoms. The van der Waals surface area contributed by atoms with Crippen LogP contribution in [0.2, 0.25) is 0 Å². The molecule has 2 N–H and O–H groups in total. The van der Waals surface area contributed by atoms with Crippen molar-refractivity contribution in [3.63, 3.8) is 0 Å². The Labute approximate surface area is 141 Å². The number of carboxylic acids is 1. The number of nitrogens with zero attached hydrogens (tertiary/aromatic N) is 1. The van der Waals surface area contributed by atoms with Gasteiger partial charge in [-0.25, -0.2) is 13.1 Å². The topological polar surface area (TPSA) is 86.7 Å². The number of thiophene rings is 1. The summed E-state index contributed by atoms with van der Waals surface area (Å²) in [7, 11) is -3.53. The Morgan fingerprint density at radius 2 is 2.09 bits per heavy atom. The maximum atomic E-state index is 12.2. The van der Waals surface area contributed by atoms with Crippen LogP contribution < -0.4 is 4.72 Å². The fraction of sp³-hybridized carbons (Fsp3) is 0.667. The lowest BCUT2D eigenvalue weighted by Crippen LogP contribution is -2.35. The Morgan fingerprint density at radius 3 is 2.74 bits per heavy atom. The van der Waals surface area contributed by atoms with Crippen LogP contribution in [0.5, 0.6) is 0 Å². The van der Waals surface area contributed by atoms with Crippen molar-refractivity contribution in [2.75, 3.05) is 26.2 Å². The summed E-state index contributed by atoms with van der Waals surface area (Å²) in [6, 6.07) is 3.03. The normalized spacial score (nSPS) is 17.4. The van der Waals surface area contributed by atoms with E-state index >= 15 is 0 Å². The van der Waals surface area contributed by atoms with Crippen molar-refractivity contribution in [1.82, 2.24) is 9.62 Å². The van der Waals surface area contributed by atoms with E-state index in [1.54, 1.807) is 6.07 Å². The largest absolute Gasteiger partial charge is 0.481 e. The number of rotatable bonds is 8. The molecule has 6 nitrogen and oxygen atoms in total. The lowest BCUT2D eigenvalue weighted by Gasteiger charge is -2.30. The predicted molar refractivity (Wildman–Crippen MR) is 90.3 cm³/mol. The summed E-state index contributed by atoms with van der Waals surface area (Å²) in [5.41, 5.74) is 0. The average Bonchev–Trinajstić information content (AvgIpc) is 2.94. The molecule has 2 heterocycles. The molecular weight excluding hydrogens is 336 g/mol. The SMILES string of the molecule is CC1CCN(CCCNS(=O)(=O)c2ccc(CC(=O)O)s2)CC1. The second-order valence-corrected chi connectivity index (χ2v) is 9.23. The minimum absolute atomic E-state index is 0.145. The van der Waals surface area contributed by atoms with E-state index in [9.17, 15) is 13.2 Å². The lowest BCUT2D eigenvalue weighted by molar-refractivity contribution is -0.136. The number of likely N-dealkylation sites (tertiary alicyclic amines) is 1. The van der Waals surface area contributed by atoms with Gasteiger partial charge in [-0.1, -0.05) is 6.92 Å². The Hall–Kier alpha value is -0.960. The van der Waals surface area contributed by atoms with E-state index in [-0.39, 0.29) is 10.6 Å². The van der Waals surface area contributed by atoms with Gasteiger partial charge in [0.2, 0.25) is 10.0 Å². The quantitative estimate of drug-likeness (QED) is 0.690. The van der Waals surface area contributed by atoms with E-state index in [2.05, 4.69) is 16.5 Å². The number of hydrogen-bond donors (Lipinski definition) is 2. The van der Waals surface area contributed by atoms with Gasteiger partial charge in [-0.3, -0.25) is 4.79 Å². The highest BCUT2D eigenvalue weighted by atomic mass is 32.2. The number of sulfonamides is 1. The first kappa shape index (κ1) is 18.4. The minimum Gasteiger partial charge on any atom is -0.481 e. The molecule has 0 spiro atoms. The van der Waals surface area contributed by atoms with Gasteiger partial charge in [0, 0.05) is 11.4 Å². The van der Waals surface area contributed by atoms with Crippen LogP contribution in [0.1, 0.15) is 31.1 Å². The molecule has 23 heavy (non-hydrogen) atoms. The minimum atomic E-state index is -3.53. The zero-order valence-electron chi connectivity index (χ0n) is 13.3. The summed E-state index contributed by atoms with van der Waals surface area (Å²) in [5, 5.41) is 8.73. The molecule has 1 aromatic rings. The van der Waals surface area contributed by atoms with Crippen LogP contribution in [0.4, 0.5) is 0 Å². The van der Waals surface area contributed by atoms with Crippen molar-refractivity contribution in [3.8, 4) is 0 Å². The molecule has 0 unspecified atom stereocenters. The molecule has 1 aliphatic rings. The Morgan fingerprint density at radius 1 is 1.39 bits per heavy atom. The maximum absolute atomic E-state index is 12.2. The Balaban J connectivity index is 1.75. The van der Waals surface area contributed by atoms with Crippen molar-refractivity contribution in [1.29, 1.82) is 0 Å². The molecule has 130 valence electrons. The smallest absolute Gasteiger partial charge is 0.308 e. The molecule has 1 fully saturated rings. The summed E-state index contributed by atoms with van der Waals surface area (Å²) in [4.78, 5) is 13.6. The first-order chi connectivity index (χ1) is 10.9. The van der Waals surface area contributed by atoms with Crippen molar-refractivity contribution in [2.24, 2.45) is 5.92 Å². The van der Waals surface area contributed by atoms with Crippen LogP contribution in [0, 0.1) is 5.92 Å². The van der Waals surface area contributed by atoms with Crippen molar-refractivity contribution < 1.29 is 18.3 Å². The highest BCUT2D eigenvalue weighted by Gasteiger charge is 2.18. The lowest BCUT2D eigenvalue weighted by atomic mass is 9.99. The maximum Gasteiger partial charge on any atom is 0.308 e. The summed E-state index contributed by atoms with van der Waals surface area (Å²) >= 11 is 1.01. The van der Waals surface area contributed by atoms with Crippen LogP contribution in [0.25, 0.3) is 0 Å². The molecule has 1 aromatic heterocycles. The van der Waals surface area contributed by atoms with Gasteiger partial charge in [-0.15, -0.1) is 11.3 Å². The Kier molecular flexibility index (Phi) is 6.58. The van der Waals surface area contributed by atoms with E-state index < -0.39 is 16.0 Å². The van der Waals surface area contributed by atoms with Gasteiger partial charge >= 0.3 is 5.97 Å². The van der Waals surface area contributed by atoms with Gasteiger partial charge in [-0.2, -0.15) is 0 Å². The van der Waals surface area contributed by atoms with Gasteiger partial charge in [0.1, 0.15) is 4.21 Å². The van der Waals surface area contributed by atoms with Crippen LogP contribution in [0.15, 0.2) is 16.3 Å². The first-order valence-electron chi connectivity index (χ1n) is 7.89. The molecule has 0 aromatic carbocycles. The number of piperidine rings is 1. The van der Waals surface area contributed by atoms with E-state index in [0.29, 0.717) is 11.4 Å². The molecule has 0 aliphatic carbocycles. The number of carboxylic acid groups (broad SMARTS) is 1. The van der Waals surface area contributed by atoms with E-state index in [4.69, 9.17) is 5.11 Å². The molecule has 1 aliphatic heterocycles. The molecule has 0 radical (unpaired) electrons. The number of hydrogen-bond acceptors (Lipinski definition) is 5. The Bertz CT molecular complexity index is 619. The van der Waals surface area contributed by atoms with Gasteiger partial charge in [0.25, 0.3) is 0 Å². The molecule has 1 saturated heterocycles. The molecule has 0 atom stereocenters. The zero-order valence-corrected chi connectivity index (χ0v) is 15.0. The summed E-state index contributed by atoms with van der Waals surface area (Å²) < 4.78 is 27.1. The van der Waals surface area contributed by atoms with E-state index in [1.807, 2.05) is 0 Å². The first-order valence-corrected chi connectivity index (χ1v) is 10.2. The third-order valence-corrected chi connectivity index (χ3v) is 7.08. The standard InChI is InChI=1S/C15H24N2O4S2/c1-12-5-9-17(10-6-12)8-2-7-16-23(20,21)15-4-3-13(22-15)11-14(18)19/h3-4,12,16H,2,5-11H2,1H3,(H,18,19). The van der Waals surface area contributed by atoms with E-state index in [0.717, 1.165) is 43.3 Å². The monoisotopic (exact) mass is 360 g/mol. The molecule has 8 heteroatoms. The number of aliphatic carboxylic acids is 1. The predicted octanol–water partition coefficient (Wildman–Crippen LogP) is 1.78. The van der Waals surface area contributed by atoms with Crippen molar-refractivity contribution in [3.05, 3.63) is 17.0 Å². The fourth-order valence-corrected chi connectivity index (χ4v) is 5.08. The number of nitrogens with one attached hydrogen (secondary N) is 1. The third-order valence-electron chi connectivity index (χ3n) is 4.05. The van der Waals surface area contributed by atoms with Gasteiger partial charge in [-0.05, 0) is 56.9 Å². The van der Waals surface area contributed by atoms with Gasteiger partial charge in [0.15, 0.2) is 0 Å². The zero-order chi connectivity index (χ0) is 16.9. The summed E-state index contributed by atoms with van der Waals surface area (Å²) in [5.74, 6) is -0.164. The molecular formula is C15H24N2O4S2. The van der Waals surface area contributed by atoms with Crippen molar-refractivity contribution >= 4 is 27.3 Å². The van der Waals surface area contributed by atoms with E-state index in [1.165, 1.54) is 18.9 Å². The third kappa shape index (κ3) is 5.87. The van der Waals surface area contributed by atoms with Crippen LogP contribution in [0.3, 0.4) is 0 Å². The molecule has 0 saturated carbocycles. The second-order valence-electron chi connectivity index (χ2n) is 6.07. The van der Waals surface area contributed by atoms with Crippen LogP contribution in [-0.2, 0) is 21.2 Å². The van der Waals surface area contributed by atoms with Gasteiger partial charge < -0.3 is 10.0 Å². The van der Waals surface area contributed by atoms with Crippen LogP contribution in [-0.4, -0.2) is 50.6 Å². The fourth-order valence-electron chi connectivity index (χ4n) is 2.61. The highest BCUT2D eigenvalue weighted by molar-refractivity contribution is 7.91.